The molecule has 0 aliphatic rings. The van der Waals surface area contributed by atoms with Gasteiger partial charge in [0.1, 0.15) is 6.11 Å². The highest BCUT2D eigenvalue weighted by Gasteiger charge is 2.03. The number of rotatable bonds is 1. The van der Waals surface area contributed by atoms with Crippen LogP contribution in [0.1, 0.15) is 10.4 Å². The monoisotopic (exact) mass is 147 g/mol. The topological polar surface area (TPSA) is 39.2 Å². The van der Waals surface area contributed by atoms with Crippen LogP contribution in [0.3, 0.4) is 0 Å². The summed E-state index contributed by atoms with van der Waals surface area (Å²) in [6.45, 7) is 0. The minimum Gasteiger partial charge on any atom is -0.369 e. The zero-order valence-corrected chi connectivity index (χ0v) is 5.65. The molecular formula is C8H5NO2. The average molecular weight is 147 g/mol. The Balaban J connectivity index is 2.79. The number of terminal acetylenes is 1. The van der Waals surface area contributed by atoms with Gasteiger partial charge in [0.15, 0.2) is 0 Å². The second-order valence-electron chi connectivity index (χ2n) is 1.74. The van der Waals surface area contributed by atoms with Gasteiger partial charge in [-0.25, -0.2) is 4.79 Å². The Morgan fingerprint density at radius 3 is 2.73 bits per heavy atom. The third-order valence-electron chi connectivity index (χ3n) is 1.07. The Bertz CT molecular complexity index is 287. The number of ether oxygens (including phenoxy) is 1. The molecule has 54 valence electrons. The molecule has 0 saturated carbocycles. The SMILES string of the molecule is C#COC(=O)c1ccncc1. The fourth-order valence-electron chi connectivity index (χ4n) is 0.600. The quantitative estimate of drug-likeness (QED) is 0.436. The molecule has 11 heavy (non-hydrogen) atoms. The van der Waals surface area contributed by atoms with E-state index in [2.05, 4.69) is 9.72 Å². The number of esters is 1. The Kier molecular flexibility index (Phi) is 2.24. The number of aromatic nitrogens is 1. The molecule has 0 fully saturated rings. The number of nitrogens with zero attached hydrogens (tertiary/aromatic N) is 1. The van der Waals surface area contributed by atoms with E-state index in [-0.39, 0.29) is 0 Å². The second kappa shape index (κ2) is 3.37. The Morgan fingerprint density at radius 1 is 1.55 bits per heavy atom. The zero-order chi connectivity index (χ0) is 8.10. The summed E-state index contributed by atoms with van der Waals surface area (Å²) in [7, 11) is 0. The third kappa shape index (κ3) is 1.80. The van der Waals surface area contributed by atoms with Crippen LogP contribution < -0.4 is 0 Å². The van der Waals surface area contributed by atoms with Crippen LogP contribution in [0.2, 0.25) is 0 Å². The van der Waals surface area contributed by atoms with Gasteiger partial charge < -0.3 is 4.74 Å². The number of pyridine rings is 1. The van der Waals surface area contributed by atoms with Gasteiger partial charge in [0.05, 0.1) is 5.56 Å². The first-order chi connectivity index (χ1) is 5.34. The standard InChI is InChI=1S/C8H5NO2/c1-2-11-8(10)7-3-5-9-6-4-7/h1,3-6H. The molecule has 0 aromatic carbocycles. The van der Waals surface area contributed by atoms with Crippen LogP contribution in [0.15, 0.2) is 24.5 Å². The van der Waals surface area contributed by atoms with Crippen molar-refractivity contribution in [2.24, 2.45) is 0 Å². The lowest BCUT2D eigenvalue weighted by Crippen LogP contribution is -1.99. The van der Waals surface area contributed by atoms with Crippen molar-refractivity contribution in [1.82, 2.24) is 4.98 Å². The summed E-state index contributed by atoms with van der Waals surface area (Å²) in [6.07, 6.45) is 9.54. The van der Waals surface area contributed by atoms with Crippen molar-refractivity contribution in [3.05, 3.63) is 30.1 Å². The van der Waals surface area contributed by atoms with Gasteiger partial charge >= 0.3 is 5.97 Å². The Labute approximate surface area is 64.0 Å². The van der Waals surface area contributed by atoms with E-state index < -0.39 is 5.97 Å². The fraction of sp³-hybridized carbons (Fsp3) is 0. The number of carbonyl (C=O) groups is 1. The predicted molar refractivity (Wildman–Crippen MR) is 38.5 cm³/mol. The van der Waals surface area contributed by atoms with E-state index in [1.165, 1.54) is 24.5 Å². The molecule has 0 bridgehead atoms. The largest absolute Gasteiger partial charge is 0.369 e. The maximum Gasteiger partial charge on any atom is 0.352 e. The molecule has 3 heteroatoms. The predicted octanol–water partition coefficient (Wildman–Crippen LogP) is 0.829. The van der Waals surface area contributed by atoms with E-state index in [0.717, 1.165) is 0 Å². The second-order valence-corrected chi connectivity index (χ2v) is 1.74. The lowest BCUT2D eigenvalue weighted by Gasteiger charge is -1.93. The van der Waals surface area contributed by atoms with Crippen molar-refractivity contribution in [2.75, 3.05) is 0 Å². The summed E-state index contributed by atoms with van der Waals surface area (Å²) in [5.74, 6) is -0.533. The van der Waals surface area contributed by atoms with E-state index >= 15 is 0 Å². The maximum absolute atomic E-state index is 10.9. The molecular weight excluding hydrogens is 142 g/mol. The first kappa shape index (κ1) is 7.29. The molecule has 0 atom stereocenters. The van der Waals surface area contributed by atoms with Gasteiger partial charge in [0.2, 0.25) is 0 Å². The van der Waals surface area contributed by atoms with E-state index in [9.17, 15) is 4.79 Å². The van der Waals surface area contributed by atoms with Crippen LogP contribution in [0.4, 0.5) is 0 Å². The van der Waals surface area contributed by atoms with Gasteiger partial charge in [-0.05, 0) is 12.1 Å². The normalized spacial score (nSPS) is 8.27. The lowest BCUT2D eigenvalue weighted by molar-refractivity contribution is 0.0691. The molecule has 0 radical (unpaired) electrons. The van der Waals surface area contributed by atoms with Gasteiger partial charge in [-0.3, -0.25) is 4.98 Å². The first-order valence-corrected chi connectivity index (χ1v) is 2.91. The molecule has 0 aliphatic carbocycles. The zero-order valence-electron chi connectivity index (χ0n) is 5.65. The molecule has 1 aromatic heterocycles. The minimum atomic E-state index is -0.533. The first-order valence-electron chi connectivity index (χ1n) is 2.91. The van der Waals surface area contributed by atoms with Gasteiger partial charge in [-0.2, -0.15) is 0 Å². The van der Waals surface area contributed by atoms with Crippen molar-refractivity contribution in [1.29, 1.82) is 0 Å². The molecule has 0 unspecified atom stereocenters. The summed E-state index contributed by atoms with van der Waals surface area (Å²) in [5.41, 5.74) is 0.401. The van der Waals surface area contributed by atoms with Crippen LogP contribution in [0.5, 0.6) is 0 Å². The van der Waals surface area contributed by atoms with Crippen molar-refractivity contribution in [2.45, 2.75) is 0 Å². The highest BCUT2D eigenvalue weighted by atomic mass is 16.5. The van der Waals surface area contributed by atoms with E-state index in [0.29, 0.717) is 5.56 Å². The molecule has 0 aliphatic heterocycles. The fourth-order valence-corrected chi connectivity index (χ4v) is 0.600. The Hall–Kier alpha value is -1.82. The van der Waals surface area contributed by atoms with Gasteiger partial charge in [-0.15, -0.1) is 0 Å². The van der Waals surface area contributed by atoms with Crippen molar-refractivity contribution in [3.63, 3.8) is 0 Å². The maximum atomic E-state index is 10.9. The summed E-state index contributed by atoms with van der Waals surface area (Å²) in [4.78, 5) is 14.6. The molecule has 1 heterocycles. The van der Waals surface area contributed by atoms with Crippen LogP contribution in [-0.2, 0) is 4.74 Å². The van der Waals surface area contributed by atoms with Crippen LogP contribution in [0.25, 0.3) is 0 Å². The summed E-state index contributed by atoms with van der Waals surface area (Å²) in [5, 5.41) is 0. The molecule has 0 N–H and O–H groups in total. The molecule has 0 amide bonds. The van der Waals surface area contributed by atoms with Gasteiger partial charge in [0.25, 0.3) is 0 Å². The van der Waals surface area contributed by atoms with E-state index in [4.69, 9.17) is 6.42 Å². The summed E-state index contributed by atoms with van der Waals surface area (Å²) in [6, 6.07) is 3.05. The third-order valence-corrected chi connectivity index (χ3v) is 1.07. The van der Waals surface area contributed by atoms with E-state index in [1.807, 2.05) is 0 Å². The van der Waals surface area contributed by atoms with Crippen LogP contribution in [0, 0.1) is 12.5 Å². The van der Waals surface area contributed by atoms with Crippen LogP contribution in [-0.4, -0.2) is 11.0 Å². The highest BCUT2D eigenvalue weighted by molar-refractivity contribution is 5.89. The van der Waals surface area contributed by atoms with Crippen LogP contribution >= 0.6 is 0 Å². The minimum absolute atomic E-state index is 0.401. The average Bonchev–Trinajstić information content (AvgIpc) is 2.07. The lowest BCUT2D eigenvalue weighted by atomic mass is 10.3. The summed E-state index contributed by atoms with van der Waals surface area (Å²) >= 11 is 0. The number of hydrogen-bond acceptors (Lipinski definition) is 3. The molecule has 0 spiro atoms. The smallest absolute Gasteiger partial charge is 0.352 e. The van der Waals surface area contributed by atoms with E-state index in [1.54, 1.807) is 6.11 Å². The van der Waals surface area contributed by atoms with Gasteiger partial charge in [-0.1, -0.05) is 6.42 Å². The molecule has 1 rings (SSSR count). The van der Waals surface area contributed by atoms with Crippen molar-refractivity contribution < 1.29 is 9.53 Å². The number of hydrogen-bond donors (Lipinski definition) is 0. The molecule has 3 nitrogen and oxygen atoms in total. The highest BCUT2D eigenvalue weighted by Crippen LogP contribution is 1.97. The van der Waals surface area contributed by atoms with Gasteiger partial charge in [0, 0.05) is 12.4 Å². The Morgan fingerprint density at radius 2 is 2.18 bits per heavy atom. The van der Waals surface area contributed by atoms with Crippen molar-refractivity contribution >= 4 is 5.97 Å². The van der Waals surface area contributed by atoms with Crippen molar-refractivity contribution in [3.8, 4) is 12.5 Å². The number of carbonyl (C=O) groups excluding carboxylic acids is 1. The molecule has 0 saturated heterocycles. The summed E-state index contributed by atoms with van der Waals surface area (Å²) < 4.78 is 4.29. The molecule has 1 aromatic rings.